The minimum absolute atomic E-state index is 0.168. The molecule has 3 atom stereocenters. The highest BCUT2D eigenvalue weighted by Gasteiger charge is 2.24. The fraction of sp³-hybridized carbons (Fsp3) is 1.00. The zero-order chi connectivity index (χ0) is 11.3. The highest BCUT2D eigenvalue weighted by Crippen LogP contribution is 2.16. The molecular formula is C12H25NO2. The zero-order valence-electron chi connectivity index (χ0n) is 10.3. The van der Waals surface area contributed by atoms with Crippen LogP contribution in [0.15, 0.2) is 0 Å². The number of rotatable bonds is 5. The highest BCUT2D eigenvalue weighted by atomic mass is 16.5. The van der Waals surface area contributed by atoms with Gasteiger partial charge in [0, 0.05) is 25.6 Å². The molecule has 0 aromatic carbocycles. The summed E-state index contributed by atoms with van der Waals surface area (Å²) in [6.45, 7) is 7.98. The second-order valence-corrected chi connectivity index (χ2v) is 4.93. The Morgan fingerprint density at radius 2 is 2.27 bits per heavy atom. The normalized spacial score (nSPS) is 29.4. The van der Waals surface area contributed by atoms with Gasteiger partial charge in [0.25, 0.3) is 0 Å². The first kappa shape index (κ1) is 12.9. The molecule has 0 aromatic heterocycles. The van der Waals surface area contributed by atoms with Gasteiger partial charge in [-0.1, -0.05) is 20.3 Å². The van der Waals surface area contributed by atoms with Crippen LogP contribution in [0.3, 0.4) is 0 Å². The van der Waals surface area contributed by atoms with Gasteiger partial charge in [-0.15, -0.1) is 0 Å². The summed E-state index contributed by atoms with van der Waals surface area (Å²) in [5.74, 6) is 1.03. The molecule has 3 nitrogen and oxygen atoms in total. The minimum Gasteiger partial charge on any atom is -0.393 e. The van der Waals surface area contributed by atoms with E-state index in [4.69, 9.17) is 4.74 Å². The lowest BCUT2D eigenvalue weighted by Gasteiger charge is -2.32. The van der Waals surface area contributed by atoms with Crippen molar-refractivity contribution in [2.75, 3.05) is 33.4 Å². The van der Waals surface area contributed by atoms with Crippen molar-refractivity contribution in [3.05, 3.63) is 0 Å². The van der Waals surface area contributed by atoms with Crippen molar-refractivity contribution in [2.24, 2.45) is 11.8 Å². The van der Waals surface area contributed by atoms with Gasteiger partial charge in [0.2, 0.25) is 0 Å². The summed E-state index contributed by atoms with van der Waals surface area (Å²) in [5.41, 5.74) is 0. The molecule has 1 heterocycles. The molecule has 90 valence electrons. The van der Waals surface area contributed by atoms with Gasteiger partial charge in [-0.05, 0) is 19.4 Å². The van der Waals surface area contributed by atoms with Gasteiger partial charge in [0.05, 0.1) is 12.7 Å². The molecule has 1 aliphatic heterocycles. The van der Waals surface area contributed by atoms with Crippen molar-refractivity contribution in [3.8, 4) is 0 Å². The third-order valence-corrected chi connectivity index (χ3v) is 3.30. The predicted molar refractivity (Wildman–Crippen MR) is 61.9 cm³/mol. The number of hydrogen-bond acceptors (Lipinski definition) is 3. The second kappa shape index (κ2) is 6.46. The van der Waals surface area contributed by atoms with Gasteiger partial charge in [0.1, 0.15) is 0 Å². The SMILES string of the molecule is CCC(C)CN(C)CC1COCCC1O. The smallest absolute Gasteiger partial charge is 0.0624 e. The van der Waals surface area contributed by atoms with Crippen LogP contribution in [0.2, 0.25) is 0 Å². The molecule has 3 heteroatoms. The quantitative estimate of drug-likeness (QED) is 0.751. The largest absolute Gasteiger partial charge is 0.393 e. The van der Waals surface area contributed by atoms with Gasteiger partial charge in [0.15, 0.2) is 0 Å². The maximum absolute atomic E-state index is 9.80. The zero-order valence-corrected chi connectivity index (χ0v) is 10.3. The van der Waals surface area contributed by atoms with Crippen LogP contribution in [0, 0.1) is 11.8 Å². The van der Waals surface area contributed by atoms with E-state index in [9.17, 15) is 5.11 Å². The first-order valence-corrected chi connectivity index (χ1v) is 6.07. The van der Waals surface area contributed by atoms with Crippen molar-refractivity contribution < 1.29 is 9.84 Å². The molecule has 1 aliphatic rings. The standard InChI is InChI=1S/C12H25NO2/c1-4-10(2)7-13(3)8-11-9-15-6-5-12(11)14/h10-12,14H,4-9H2,1-3H3. The molecule has 0 aromatic rings. The number of aliphatic hydroxyl groups is 1. The van der Waals surface area contributed by atoms with Gasteiger partial charge in [-0.25, -0.2) is 0 Å². The van der Waals surface area contributed by atoms with Gasteiger partial charge < -0.3 is 14.7 Å². The van der Waals surface area contributed by atoms with E-state index in [2.05, 4.69) is 25.8 Å². The Balaban J connectivity index is 2.26. The third-order valence-electron chi connectivity index (χ3n) is 3.30. The summed E-state index contributed by atoms with van der Waals surface area (Å²) in [7, 11) is 2.13. The van der Waals surface area contributed by atoms with Crippen LogP contribution in [0.5, 0.6) is 0 Å². The van der Waals surface area contributed by atoms with Crippen LogP contribution in [-0.4, -0.2) is 49.5 Å². The molecule has 0 radical (unpaired) electrons. The number of nitrogens with zero attached hydrogens (tertiary/aromatic N) is 1. The lowest BCUT2D eigenvalue weighted by Crippen LogP contribution is -2.40. The van der Waals surface area contributed by atoms with Crippen LogP contribution in [0.4, 0.5) is 0 Å². The number of hydrogen-bond donors (Lipinski definition) is 1. The Kier molecular flexibility index (Phi) is 5.58. The highest BCUT2D eigenvalue weighted by molar-refractivity contribution is 4.75. The fourth-order valence-electron chi connectivity index (χ4n) is 2.10. The summed E-state index contributed by atoms with van der Waals surface area (Å²) in [6.07, 6.45) is 1.84. The average molecular weight is 215 g/mol. The van der Waals surface area contributed by atoms with Crippen LogP contribution in [-0.2, 0) is 4.74 Å². The topological polar surface area (TPSA) is 32.7 Å². The van der Waals surface area contributed by atoms with E-state index >= 15 is 0 Å². The molecule has 1 rings (SSSR count). The summed E-state index contributed by atoms with van der Waals surface area (Å²) in [6, 6.07) is 0. The molecule has 1 N–H and O–H groups in total. The molecule has 0 amide bonds. The summed E-state index contributed by atoms with van der Waals surface area (Å²) < 4.78 is 5.40. The minimum atomic E-state index is -0.168. The molecule has 1 fully saturated rings. The molecule has 0 bridgehead atoms. The Labute approximate surface area is 93.4 Å². The molecular weight excluding hydrogens is 190 g/mol. The van der Waals surface area contributed by atoms with Gasteiger partial charge >= 0.3 is 0 Å². The third kappa shape index (κ3) is 4.49. The van der Waals surface area contributed by atoms with Crippen LogP contribution in [0.1, 0.15) is 26.7 Å². The molecule has 0 saturated carbocycles. The Hall–Kier alpha value is -0.120. The van der Waals surface area contributed by atoms with Crippen molar-refractivity contribution >= 4 is 0 Å². The second-order valence-electron chi connectivity index (χ2n) is 4.93. The van der Waals surface area contributed by atoms with Gasteiger partial charge in [-0.3, -0.25) is 0 Å². The van der Waals surface area contributed by atoms with E-state index in [1.54, 1.807) is 0 Å². The summed E-state index contributed by atoms with van der Waals surface area (Å²) in [4.78, 5) is 2.32. The number of ether oxygens (including phenoxy) is 1. The van der Waals surface area contributed by atoms with Crippen molar-refractivity contribution in [2.45, 2.75) is 32.8 Å². The molecule has 0 aliphatic carbocycles. The molecule has 15 heavy (non-hydrogen) atoms. The van der Waals surface area contributed by atoms with E-state index in [0.717, 1.165) is 25.4 Å². The maximum atomic E-state index is 9.80. The van der Waals surface area contributed by atoms with Gasteiger partial charge in [-0.2, -0.15) is 0 Å². The Morgan fingerprint density at radius 1 is 1.53 bits per heavy atom. The maximum Gasteiger partial charge on any atom is 0.0624 e. The molecule has 3 unspecified atom stereocenters. The van der Waals surface area contributed by atoms with E-state index in [-0.39, 0.29) is 6.10 Å². The van der Waals surface area contributed by atoms with Crippen LogP contribution in [0.25, 0.3) is 0 Å². The lowest BCUT2D eigenvalue weighted by molar-refractivity contribution is -0.0453. The average Bonchev–Trinajstić information content (AvgIpc) is 2.21. The molecule has 0 spiro atoms. The van der Waals surface area contributed by atoms with E-state index in [1.165, 1.54) is 6.42 Å². The van der Waals surface area contributed by atoms with E-state index < -0.39 is 0 Å². The summed E-state index contributed by atoms with van der Waals surface area (Å²) in [5, 5.41) is 9.80. The first-order valence-electron chi connectivity index (χ1n) is 6.07. The monoisotopic (exact) mass is 215 g/mol. The molecule has 1 saturated heterocycles. The predicted octanol–water partition coefficient (Wildman–Crippen LogP) is 1.36. The number of aliphatic hydroxyl groups excluding tert-OH is 1. The summed E-state index contributed by atoms with van der Waals surface area (Å²) >= 11 is 0. The van der Waals surface area contributed by atoms with Crippen LogP contribution >= 0.6 is 0 Å². The van der Waals surface area contributed by atoms with Crippen LogP contribution < -0.4 is 0 Å². The Morgan fingerprint density at radius 3 is 2.87 bits per heavy atom. The van der Waals surface area contributed by atoms with Crippen molar-refractivity contribution in [1.82, 2.24) is 4.90 Å². The van der Waals surface area contributed by atoms with Crippen molar-refractivity contribution in [1.29, 1.82) is 0 Å². The lowest BCUT2D eigenvalue weighted by atomic mass is 9.97. The first-order chi connectivity index (χ1) is 7.13. The van der Waals surface area contributed by atoms with Crippen molar-refractivity contribution in [3.63, 3.8) is 0 Å². The van der Waals surface area contributed by atoms with E-state index in [0.29, 0.717) is 19.1 Å². The Bertz CT molecular complexity index is 175. The van der Waals surface area contributed by atoms with E-state index in [1.807, 2.05) is 0 Å². The fourth-order valence-corrected chi connectivity index (χ4v) is 2.10.